The van der Waals surface area contributed by atoms with E-state index in [2.05, 4.69) is 24.0 Å². The number of aromatic nitrogens is 2. The van der Waals surface area contributed by atoms with Gasteiger partial charge in [0.05, 0.1) is 0 Å². The molecular formula is C10H19N3O2. The van der Waals surface area contributed by atoms with Gasteiger partial charge in [-0.2, -0.15) is 4.98 Å². The summed E-state index contributed by atoms with van der Waals surface area (Å²) in [5, 5.41) is 13.3. The average Bonchev–Trinajstić information content (AvgIpc) is 2.63. The normalized spacial score (nSPS) is 13.4. The molecule has 0 amide bonds. The lowest BCUT2D eigenvalue weighted by Crippen LogP contribution is -2.07. The zero-order valence-corrected chi connectivity index (χ0v) is 9.31. The van der Waals surface area contributed by atoms with E-state index in [0.29, 0.717) is 24.7 Å². The van der Waals surface area contributed by atoms with Gasteiger partial charge in [0.15, 0.2) is 5.82 Å². The van der Waals surface area contributed by atoms with Crippen LogP contribution in [0.3, 0.4) is 0 Å². The van der Waals surface area contributed by atoms with Crippen LogP contribution in [0.15, 0.2) is 4.52 Å². The Morgan fingerprint density at radius 2 is 2.13 bits per heavy atom. The summed E-state index contributed by atoms with van der Waals surface area (Å²) in [6.07, 6.45) is 1.53. The minimum Gasteiger partial charge on any atom is -0.383 e. The van der Waals surface area contributed by atoms with Crippen LogP contribution in [-0.2, 0) is 6.42 Å². The molecule has 3 N–H and O–H groups in total. The van der Waals surface area contributed by atoms with Gasteiger partial charge in [-0.3, -0.25) is 0 Å². The van der Waals surface area contributed by atoms with Gasteiger partial charge in [-0.25, -0.2) is 0 Å². The first-order valence-electron chi connectivity index (χ1n) is 5.34. The fourth-order valence-electron chi connectivity index (χ4n) is 1.20. The maximum absolute atomic E-state index is 9.54. The van der Waals surface area contributed by atoms with Crippen molar-refractivity contribution in [2.45, 2.75) is 39.2 Å². The van der Waals surface area contributed by atoms with Gasteiger partial charge >= 0.3 is 0 Å². The number of nitrogens with zero attached hydrogens (tertiary/aromatic N) is 2. The molecule has 0 fully saturated rings. The fraction of sp³-hybridized carbons (Fsp3) is 0.800. The number of aryl methyl sites for hydroxylation is 1. The van der Waals surface area contributed by atoms with Crippen LogP contribution in [0.1, 0.15) is 44.5 Å². The zero-order chi connectivity index (χ0) is 11.3. The van der Waals surface area contributed by atoms with Gasteiger partial charge in [0.25, 0.3) is 5.89 Å². The summed E-state index contributed by atoms with van der Waals surface area (Å²) in [5.41, 5.74) is 5.32. The second-order valence-corrected chi connectivity index (χ2v) is 4.07. The molecule has 0 saturated heterocycles. The number of aliphatic hydroxyl groups is 1. The second kappa shape index (κ2) is 5.82. The number of hydrogen-bond donors (Lipinski definition) is 2. The minimum atomic E-state index is -0.727. The topological polar surface area (TPSA) is 85.2 Å². The molecule has 1 rings (SSSR count). The summed E-state index contributed by atoms with van der Waals surface area (Å²) in [4.78, 5) is 4.12. The van der Waals surface area contributed by atoms with E-state index in [1.54, 1.807) is 0 Å². The van der Waals surface area contributed by atoms with Gasteiger partial charge in [0, 0.05) is 6.42 Å². The smallest absolute Gasteiger partial charge is 0.255 e. The highest BCUT2D eigenvalue weighted by atomic mass is 16.5. The van der Waals surface area contributed by atoms with Gasteiger partial charge in [0.2, 0.25) is 0 Å². The van der Waals surface area contributed by atoms with Crippen molar-refractivity contribution >= 4 is 0 Å². The Morgan fingerprint density at radius 1 is 1.40 bits per heavy atom. The Morgan fingerprint density at radius 3 is 2.73 bits per heavy atom. The van der Waals surface area contributed by atoms with Gasteiger partial charge < -0.3 is 15.4 Å². The molecular weight excluding hydrogens is 194 g/mol. The molecule has 0 unspecified atom stereocenters. The van der Waals surface area contributed by atoms with Crippen LogP contribution in [0.5, 0.6) is 0 Å². The molecule has 5 heteroatoms. The molecule has 1 heterocycles. The SMILES string of the molecule is CC(C)CCc1noc([C@@H](O)CCN)n1. The molecule has 0 spiro atoms. The molecule has 1 atom stereocenters. The van der Waals surface area contributed by atoms with Gasteiger partial charge in [0.1, 0.15) is 6.10 Å². The van der Waals surface area contributed by atoms with E-state index < -0.39 is 6.10 Å². The molecule has 5 nitrogen and oxygen atoms in total. The van der Waals surface area contributed by atoms with Crippen molar-refractivity contribution < 1.29 is 9.63 Å². The number of nitrogens with two attached hydrogens (primary N) is 1. The molecule has 0 saturated carbocycles. The molecule has 1 aromatic rings. The quantitative estimate of drug-likeness (QED) is 0.737. The Labute approximate surface area is 89.7 Å². The highest BCUT2D eigenvalue weighted by Crippen LogP contribution is 2.14. The van der Waals surface area contributed by atoms with Crippen LogP contribution >= 0.6 is 0 Å². The predicted molar refractivity (Wildman–Crippen MR) is 56.1 cm³/mol. The molecule has 15 heavy (non-hydrogen) atoms. The first-order valence-corrected chi connectivity index (χ1v) is 5.34. The predicted octanol–water partition coefficient (Wildman–Crippen LogP) is 1.04. The molecule has 0 aliphatic rings. The first kappa shape index (κ1) is 12.1. The van der Waals surface area contributed by atoms with Crippen LogP contribution in [0.2, 0.25) is 0 Å². The van der Waals surface area contributed by atoms with Crippen molar-refractivity contribution in [2.75, 3.05) is 6.54 Å². The number of hydrogen-bond acceptors (Lipinski definition) is 5. The highest BCUT2D eigenvalue weighted by Gasteiger charge is 2.15. The maximum Gasteiger partial charge on any atom is 0.255 e. The lowest BCUT2D eigenvalue weighted by atomic mass is 10.1. The summed E-state index contributed by atoms with van der Waals surface area (Å²) >= 11 is 0. The summed E-state index contributed by atoms with van der Waals surface area (Å²) in [5.74, 6) is 1.55. The van der Waals surface area contributed by atoms with Gasteiger partial charge in [-0.1, -0.05) is 19.0 Å². The Balaban J connectivity index is 2.48. The van der Waals surface area contributed by atoms with Gasteiger partial charge in [-0.15, -0.1) is 0 Å². The second-order valence-electron chi connectivity index (χ2n) is 4.07. The lowest BCUT2D eigenvalue weighted by Gasteiger charge is -2.01. The highest BCUT2D eigenvalue weighted by molar-refractivity contribution is 4.90. The van der Waals surface area contributed by atoms with Crippen LogP contribution in [-0.4, -0.2) is 21.8 Å². The van der Waals surface area contributed by atoms with Crippen LogP contribution in [0.4, 0.5) is 0 Å². The first-order chi connectivity index (χ1) is 7.13. The monoisotopic (exact) mass is 213 g/mol. The molecule has 0 aromatic carbocycles. The molecule has 0 bridgehead atoms. The van der Waals surface area contributed by atoms with Crippen molar-refractivity contribution in [3.8, 4) is 0 Å². The standard InChI is InChI=1S/C10H19N3O2/c1-7(2)3-4-9-12-10(15-13-9)8(14)5-6-11/h7-8,14H,3-6,11H2,1-2H3/t8-/m0/s1. The van der Waals surface area contributed by atoms with Crippen molar-refractivity contribution in [1.29, 1.82) is 0 Å². The van der Waals surface area contributed by atoms with Crippen molar-refractivity contribution in [3.63, 3.8) is 0 Å². The lowest BCUT2D eigenvalue weighted by molar-refractivity contribution is 0.127. The van der Waals surface area contributed by atoms with E-state index in [4.69, 9.17) is 10.3 Å². The van der Waals surface area contributed by atoms with Crippen LogP contribution < -0.4 is 5.73 Å². The zero-order valence-electron chi connectivity index (χ0n) is 9.31. The molecule has 1 aromatic heterocycles. The summed E-state index contributed by atoms with van der Waals surface area (Å²) in [6.45, 7) is 4.69. The van der Waals surface area contributed by atoms with E-state index in [1.807, 2.05) is 0 Å². The summed E-state index contributed by atoms with van der Waals surface area (Å²) in [7, 11) is 0. The molecule has 0 aliphatic carbocycles. The third kappa shape index (κ3) is 3.97. The molecule has 0 aliphatic heterocycles. The molecule has 0 radical (unpaired) electrons. The Kier molecular flexibility index (Phi) is 4.71. The average molecular weight is 213 g/mol. The minimum absolute atomic E-state index is 0.277. The summed E-state index contributed by atoms with van der Waals surface area (Å²) in [6, 6.07) is 0. The summed E-state index contributed by atoms with van der Waals surface area (Å²) < 4.78 is 4.94. The van der Waals surface area contributed by atoms with Crippen LogP contribution in [0.25, 0.3) is 0 Å². The van der Waals surface area contributed by atoms with E-state index >= 15 is 0 Å². The van der Waals surface area contributed by atoms with E-state index in [9.17, 15) is 5.11 Å². The van der Waals surface area contributed by atoms with Crippen molar-refractivity contribution in [3.05, 3.63) is 11.7 Å². The Bertz CT molecular complexity index is 286. The fourth-order valence-corrected chi connectivity index (χ4v) is 1.20. The van der Waals surface area contributed by atoms with Gasteiger partial charge in [-0.05, 0) is 25.3 Å². The third-order valence-corrected chi connectivity index (χ3v) is 2.15. The van der Waals surface area contributed by atoms with Crippen LogP contribution in [0, 0.1) is 5.92 Å². The van der Waals surface area contributed by atoms with Crippen molar-refractivity contribution in [2.24, 2.45) is 11.7 Å². The Hall–Kier alpha value is -0.940. The van der Waals surface area contributed by atoms with E-state index in [1.165, 1.54) is 0 Å². The number of rotatable bonds is 6. The largest absolute Gasteiger partial charge is 0.383 e. The molecule has 86 valence electrons. The third-order valence-electron chi connectivity index (χ3n) is 2.15. The van der Waals surface area contributed by atoms with Crippen molar-refractivity contribution in [1.82, 2.24) is 10.1 Å². The van der Waals surface area contributed by atoms with E-state index in [0.717, 1.165) is 12.8 Å². The maximum atomic E-state index is 9.54. The van der Waals surface area contributed by atoms with E-state index in [-0.39, 0.29) is 5.89 Å². The number of aliphatic hydroxyl groups excluding tert-OH is 1.